The average molecular weight is 499 g/mol. The summed E-state index contributed by atoms with van der Waals surface area (Å²) < 4.78 is 49.7. The number of nitrogens with two attached hydrogens (primary N) is 1. The lowest BCUT2D eigenvalue weighted by molar-refractivity contribution is -0.117. The molecule has 0 fully saturated rings. The van der Waals surface area contributed by atoms with E-state index in [2.05, 4.69) is 10.0 Å². The van der Waals surface area contributed by atoms with Crippen molar-refractivity contribution in [3.8, 4) is 17.2 Å². The Morgan fingerprint density at radius 2 is 1.68 bits per heavy atom. The quantitative estimate of drug-likeness (QED) is 0.430. The number of rotatable bonds is 8. The molecule has 0 aliphatic heterocycles. The van der Waals surface area contributed by atoms with E-state index in [-0.39, 0.29) is 11.3 Å². The fraction of sp³-hybridized carbons (Fsp3) is 0.130. The van der Waals surface area contributed by atoms with Gasteiger partial charge in [-0.05, 0) is 47.9 Å². The summed E-state index contributed by atoms with van der Waals surface area (Å²) >= 11 is 0. The van der Waals surface area contributed by atoms with Crippen LogP contribution in [-0.4, -0.2) is 35.0 Å². The molecule has 0 saturated heterocycles. The van der Waals surface area contributed by atoms with Gasteiger partial charge < -0.3 is 5.32 Å². The van der Waals surface area contributed by atoms with Gasteiger partial charge in [-0.3, -0.25) is 4.79 Å². The second-order valence-corrected chi connectivity index (χ2v) is 10.9. The Bertz CT molecular complexity index is 1460. The molecular weight excluding hydrogens is 476 g/mol. The summed E-state index contributed by atoms with van der Waals surface area (Å²) in [6.07, 6.45) is 0.991. The second kappa shape index (κ2) is 10.1. The highest BCUT2D eigenvalue weighted by atomic mass is 32.2. The molecule has 34 heavy (non-hydrogen) atoms. The summed E-state index contributed by atoms with van der Waals surface area (Å²) in [5.74, 6) is -0.592. The molecule has 0 saturated carbocycles. The van der Waals surface area contributed by atoms with E-state index in [4.69, 9.17) is 10.4 Å². The molecule has 0 heterocycles. The van der Waals surface area contributed by atoms with Crippen molar-refractivity contribution >= 4 is 31.6 Å². The Kier molecular flexibility index (Phi) is 7.48. The summed E-state index contributed by atoms with van der Waals surface area (Å²) in [6.45, 7) is 0. The van der Waals surface area contributed by atoms with Gasteiger partial charge in [0.1, 0.15) is 6.04 Å². The lowest BCUT2D eigenvalue weighted by atomic mass is 10.0. The zero-order chi connectivity index (χ0) is 24.9. The molecular formula is C23H22N4O5S2. The zero-order valence-electron chi connectivity index (χ0n) is 18.1. The van der Waals surface area contributed by atoms with E-state index >= 15 is 0 Å². The first-order valence-electron chi connectivity index (χ1n) is 9.96. The second-order valence-electron chi connectivity index (χ2n) is 7.57. The molecule has 11 heteroatoms. The highest BCUT2D eigenvalue weighted by molar-refractivity contribution is 7.89. The number of sulfonamides is 2. The molecule has 0 aliphatic rings. The van der Waals surface area contributed by atoms with Crippen molar-refractivity contribution < 1.29 is 21.6 Å². The normalized spacial score (nSPS) is 12.5. The van der Waals surface area contributed by atoms with Crippen LogP contribution < -0.4 is 15.2 Å². The fourth-order valence-corrected chi connectivity index (χ4v) is 4.83. The number of carbonyl (C=O) groups is 1. The summed E-state index contributed by atoms with van der Waals surface area (Å²) in [5, 5.41) is 17.0. The molecule has 0 spiro atoms. The standard InChI is InChI=1S/C23H22N4O5S2/c1-33(29,30)27-21(14-16-5-4-6-17(13-16)15-24)23(28)26-19-11-9-18(10-12-19)20-7-2-3-8-22(20)34(25,31)32/h2-13,21,27H,14H2,1H3,(H,26,28)(H2,25,31,32)/t21-/m0/s1. The summed E-state index contributed by atoms with van der Waals surface area (Å²) in [7, 11) is -7.63. The molecule has 0 aromatic heterocycles. The number of anilines is 1. The molecule has 0 aliphatic carbocycles. The third kappa shape index (κ3) is 6.72. The average Bonchev–Trinajstić information content (AvgIpc) is 2.78. The van der Waals surface area contributed by atoms with Crippen LogP contribution in [0, 0.1) is 11.3 Å². The zero-order valence-corrected chi connectivity index (χ0v) is 19.7. The first-order valence-corrected chi connectivity index (χ1v) is 13.4. The number of carbonyl (C=O) groups excluding carboxylic acids is 1. The molecule has 0 radical (unpaired) electrons. The van der Waals surface area contributed by atoms with Crippen LogP contribution in [0.3, 0.4) is 0 Å². The molecule has 0 bridgehead atoms. The minimum atomic E-state index is -3.93. The van der Waals surface area contributed by atoms with Gasteiger partial charge in [-0.15, -0.1) is 0 Å². The maximum atomic E-state index is 12.9. The lowest BCUT2D eigenvalue weighted by Crippen LogP contribution is -2.44. The molecule has 3 aromatic carbocycles. The van der Waals surface area contributed by atoms with Crippen LogP contribution in [0.1, 0.15) is 11.1 Å². The van der Waals surface area contributed by atoms with Crippen LogP contribution in [0.2, 0.25) is 0 Å². The maximum absolute atomic E-state index is 12.9. The van der Waals surface area contributed by atoms with Gasteiger partial charge in [-0.25, -0.2) is 26.7 Å². The number of benzene rings is 3. The predicted octanol–water partition coefficient (Wildman–Crippen LogP) is 1.97. The number of nitriles is 1. The van der Waals surface area contributed by atoms with Crippen molar-refractivity contribution in [1.82, 2.24) is 4.72 Å². The van der Waals surface area contributed by atoms with Crippen molar-refractivity contribution in [2.24, 2.45) is 5.14 Å². The number of hydrogen-bond donors (Lipinski definition) is 3. The van der Waals surface area contributed by atoms with Crippen LogP contribution in [-0.2, 0) is 31.3 Å². The Morgan fingerprint density at radius 3 is 2.29 bits per heavy atom. The van der Waals surface area contributed by atoms with Gasteiger partial charge in [-0.2, -0.15) is 5.26 Å². The number of primary sulfonamides is 1. The van der Waals surface area contributed by atoms with Crippen LogP contribution >= 0.6 is 0 Å². The topological polar surface area (TPSA) is 159 Å². The molecule has 1 atom stereocenters. The molecule has 176 valence electrons. The van der Waals surface area contributed by atoms with Crippen molar-refractivity contribution in [3.05, 3.63) is 83.9 Å². The van der Waals surface area contributed by atoms with E-state index in [0.717, 1.165) is 6.26 Å². The van der Waals surface area contributed by atoms with Gasteiger partial charge in [0, 0.05) is 11.3 Å². The molecule has 9 nitrogen and oxygen atoms in total. The number of nitrogens with one attached hydrogen (secondary N) is 2. The van der Waals surface area contributed by atoms with E-state index in [1.54, 1.807) is 66.7 Å². The number of hydrogen-bond acceptors (Lipinski definition) is 6. The van der Waals surface area contributed by atoms with E-state index in [0.29, 0.717) is 27.9 Å². The van der Waals surface area contributed by atoms with Crippen molar-refractivity contribution in [1.29, 1.82) is 5.26 Å². The Morgan fingerprint density at radius 1 is 1.00 bits per heavy atom. The fourth-order valence-electron chi connectivity index (χ4n) is 3.37. The Labute approximate surface area is 198 Å². The third-order valence-electron chi connectivity index (χ3n) is 4.83. The van der Waals surface area contributed by atoms with E-state index in [1.165, 1.54) is 6.07 Å². The first-order chi connectivity index (χ1) is 16.0. The van der Waals surface area contributed by atoms with Crippen LogP contribution in [0.5, 0.6) is 0 Å². The smallest absolute Gasteiger partial charge is 0.242 e. The van der Waals surface area contributed by atoms with Gasteiger partial charge in [0.2, 0.25) is 26.0 Å². The first kappa shape index (κ1) is 25.1. The van der Waals surface area contributed by atoms with Gasteiger partial charge >= 0.3 is 0 Å². The number of amides is 1. The lowest BCUT2D eigenvalue weighted by Gasteiger charge is -2.18. The summed E-state index contributed by atoms with van der Waals surface area (Å²) in [6, 6.07) is 20.1. The Balaban J connectivity index is 1.83. The van der Waals surface area contributed by atoms with Crippen molar-refractivity contribution in [2.45, 2.75) is 17.4 Å². The molecule has 3 aromatic rings. The maximum Gasteiger partial charge on any atom is 0.242 e. The predicted molar refractivity (Wildman–Crippen MR) is 129 cm³/mol. The SMILES string of the molecule is CS(=O)(=O)N[C@@H](Cc1cccc(C#N)c1)C(=O)Nc1ccc(-c2ccccc2S(N)(=O)=O)cc1. The summed E-state index contributed by atoms with van der Waals surface area (Å²) in [5.41, 5.74) is 2.38. The third-order valence-corrected chi connectivity index (χ3v) is 6.51. The van der Waals surface area contributed by atoms with Crippen molar-refractivity contribution in [3.63, 3.8) is 0 Å². The summed E-state index contributed by atoms with van der Waals surface area (Å²) in [4.78, 5) is 12.9. The van der Waals surface area contributed by atoms with Gasteiger partial charge in [0.25, 0.3) is 0 Å². The van der Waals surface area contributed by atoms with Crippen molar-refractivity contribution in [2.75, 3.05) is 11.6 Å². The van der Waals surface area contributed by atoms with Gasteiger partial charge in [0.05, 0.1) is 22.8 Å². The van der Waals surface area contributed by atoms with Gasteiger partial charge in [-0.1, -0.05) is 42.5 Å². The van der Waals surface area contributed by atoms with E-state index < -0.39 is 32.0 Å². The molecule has 3 rings (SSSR count). The largest absolute Gasteiger partial charge is 0.325 e. The minimum absolute atomic E-state index is 0.0243. The molecule has 4 N–H and O–H groups in total. The van der Waals surface area contributed by atoms with Crippen LogP contribution in [0.25, 0.3) is 11.1 Å². The number of nitrogens with zero attached hydrogens (tertiary/aromatic N) is 1. The highest BCUT2D eigenvalue weighted by Gasteiger charge is 2.23. The molecule has 0 unspecified atom stereocenters. The Hall–Kier alpha value is -3.56. The van der Waals surface area contributed by atoms with E-state index in [1.807, 2.05) is 6.07 Å². The minimum Gasteiger partial charge on any atom is -0.325 e. The van der Waals surface area contributed by atoms with Crippen LogP contribution in [0.15, 0.2) is 77.7 Å². The van der Waals surface area contributed by atoms with Crippen LogP contribution in [0.4, 0.5) is 5.69 Å². The highest BCUT2D eigenvalue weighted by Crippen LogP contribution is 2.27. The van der Waals surface area contributed by atoms with Gasteiger partial charge in [0.15, 0.2) is 0 Å². The van der Waals surface area contributed by atoms with E-state index in [9.17, 15) is 21.6 Å². The molecule has 1 amide bonds. The monoisotopic (exact) mass is 498 g/mol.